The molecule has 2 N–H and O–H groups in total. The van der Waals surface area contributed by atoms with E-state index in [1.54, 1.807) is 36.4 Å². The number of benzene rings is 2. The molecule has 0 aliphatic rings. The molecule has 0 spiro atoms. The summed E-state index contributed by atoms with van der Waals surface area (Å²) in [6.45, 7) is 1.65. The Bertz CT molecular complexity index is 726. The van der Waals surface area contributed by atoms with Crippen LogP contribution in [0.2, 0.25) is 0 Å². The van der Waals surface area contributed by atoms with Gasteiger partial charge in [0, 0.05) is 19.2 Å². The molecule has 0 aliphatic heterocycles. The van der Waals surface area contributed by atoms with Gasteiger partial charge in [0.05, 0.1) is 5.75 Å². The first kappa shape index (κ1) is 16.2. The minimum absolute atomic E-state index is 0.0438. The first-order chi connectivity index (χ1) is 10.4. The van der Waals surface area contributed by atoms with Crippen molar-refractivity contribution in [2.45, 2.75) is 19.2 Å². The van der Waals surface area contributed by atoms with Crippen LogP contribution in [-0.2, 0) is 27.1 Å². The van der Waals surface area contributed by atoms with Crippen molar-refractivity contribution in [2.24, 2.45) is 0 Å². The summed E-state index contributed by atoms with van der Waals surface area (Å²) in [6.07, 6.45) is 0. The van der Waals surface area contributed by atoms with Gasteiger partial charge in [-0.25, -0.2) is 13.1 Å². The Balaban J connectivity index is 1.93. The Labute approximate surface area is 130 Å². The van der Waals surface area contributed by atoms with Crippen LogP contribution in [0.15, 0.2) is 54.6 Å². The zero-order valence-corrected chi connectivity index (χ0v) is 13.1. The van der Waals surface area contributed by atoms with E-state index < -0.39 is 10.0 Å². The maximum atomic E-state index is 12.0. The predicted octanol–water partition coefficient (Wildman–Crippen LogP) is 2.26. The number of hydrogen-bond acceptors (Lipinski definition) is 3. The molecule has 2 rings (SSSR count). The summed E-state index contributed by atoms with van der Waals surface area (Å²) in [4.78, 5) is 10.9. The van der Waals surface area contributed by atoms with Gasteiger partial charge >= 0.3 is 0 Å². The summed E-state index contributed by atoms with van der Waals surface area (Å²) in [5, 5.41) is 2.66. The maximum absolute atomic E-state index is 12.0. The van der Waals surface area contributed by atoms with Gasteiger partial charge in [0.25, 0.3) is 0 Å². The molecule has 1 amide bonds. The molecule has 22 heavy (non-hydrogen) atoms. The lowest BCUT2D eigenvalue weighted by atomic mass is 10.2. The number of anilines is 1. The third kappa shape index (κ3) is 5.31. The molecule has 2 aromatic rings. The van der Waals surface area contributed by atoms with Gasteiger partial charge in [-0.1, -0.05) is 42.5 Å². The highest BCUT2D eigenvalue weighted by Gasteiger charge is 2.10. The molecule has 0 bridgehead atoms. The highest BCUT2D eigenvalue weighted by molar-refractivity contribution is 7.88. The molecule has 2 aromatic carbocycles. The van der Waals surface area contributed by atoms with Crippen LogP contribution in [0.4, 0.5) is 5.69 Å². The Morgan fingerprint density at radius 3 is 2.18 bits per heavy atom. The fraction of sp³-hybridized carbons (Fsp3) is 0.188. The summed E-state index contributed by atoms with van der Waals surface area (Å²) in [6, 6.07) is 16.1. The lowest BCUT2D eigenvalue weighted by molar-refractivity contribution is -0.114. The van der Waals surface area contributed by atoms with Crippen molar-refractivity contribution in [3.05, 3.63) is 65.7 Å². The van der Waals surface area contributed by atoms with E-state index in [0.29, 0.717) is 5.69 Å². The number of amides is 1. The van der Waals surface area contributed by atoms with Crippen molar-refractivity contribution in [1.29, 1.82) is 0 Å². The molecule has 6 heteroatoms. The number of nitrogens with one attached hydrogen (secondary N) is 2. The van der Waals surface area contributed by atoms with E-state index >= 15 is 0 Å². The van der Waals surface area contributed by atoms with E-state index in [4.69, 9.17) is 0 Å². The topological polar surface area (TPSA) is 75.3 Å². The van der Waals surface area contributed by atoms with Gasteiger partial charge in [-0.05, 0) is 23.3 Å². The van der Waals surface area contributed by atoms with Crippen LogP contribution in [0.1, 0.15) is 18.1 Å². The van der Waals surface area contributed by atoms with Crippen molar-refractivity contribution < 1.29 is 13.2 Å². The Kier molecular flexibility index (Phi) is 5.30. The number of carbonyl (C=O) groups excluding carboxylic acids is 1. The minimum atomic E-state index is -3.38. The second-order valence-corrected chi connectivity index (χ2v) is 6.75. The first-order valence-corrected chi connectivity index (χ1v) is 8.48. The fourth-order valence-corrected chi connectivity index (χ4v) is 3.07. The van der Waals surface area contributed by atoms with Crippen LogP contribution >= 0.6 is 0 Å². The van der Waals surface area contributed by atoms with Crippen LogP contribution in [-0.4, -0.2) is 14.3 Å². The average Bonchev–Trinajstić information content (AvgIpc) is 2.47. The van der Waals surface area contributed by atoms with Crippen molar-refractivity contribution in [3.8, 4) is 0 Å². The molecule has 0 saturated carbocycles. The Morgan fingerprint density at radius 2 is 1.59 bits per heavy atom. The molecule has 116 valence electrons. The third-order valence-electron chi connectivity index (χ3n) is 2.97. The van der Waals surface area contributed by atoms with E-state index in [1.807, 2.05) is 18.2 Å². The van der Waals surface area contributed by atoms with E-state index in [2.05, 4.69) is 10.0 Å². The van der Waals surface area contributed by atoms with E-state index in [-0.39, 0.29) is 18.2 Å². The monoisotopic (exact) mass is 318 g/mol. The molecule has 0 heterocycles. The summed E-state index contributed by atoms with van der Waals surface area (Å²) in [5.74, 6) is -0.186. The second-order valence-electron chi connectivity index (χ2n) is 4.94. The number of sulfonamides is 1. The largest absolute Gasteiger partial charge is 0.326 e. The zero-order valence-electron chi connectivity index (χ0n) is 12.2. The quantitative estimate of drug-likeness (QED) is 0.858. The SMILES string of the molecule is CC(=O)Nc1ccc(CNS(=O)(=O)Cc2ccccc2)cc1. The van der Waals surface area contributed by atoms with Gasteiger partial charge in [0.15, 0.2) is 0 Å². The van der Waals surface area contributed by atoms with Crippen molar-refractivity contribution in [2.75, 3.05) is 5.32 Å². The Hall–Kier alpha value is -2.18. The first-order valence-electron chi connectivity index (χ1n) is 6.82. The molecule has 0 saturated heterocycles. The van der Waals surface area contributed by atoms with E-state index in [1.165, 1.54) is 6.92 Å². The van der Waals surface area contributed by atoms with Gasteiger partial charge in [-0.15, -0.1) is 0 Å². The van der Waals surface area contributed by atoms with Crippen LogP contribution in [0.5, 0.6) is 0 Å². The fourth-order valence-electron chi connectivity index (χ4n) is 1.95. The number of rotatable bonds is 6. The second kappa shape index (κ2) is 7.20. The highest BCUT2D eigenvalue weighted by atomic mass is 32.2. The molecule has 0 radical (unpaired) electrons. The van der Waals surface area contributed by atoms with E-state index in [9.17, 15) is 13.2 Å². The molecule has 0 atom stereocenters. The third-order valence-corrected chi connectivity index (χ3v) is 4.27. The molecule has 0 unspecified atom stereocenters. The number of carbonyl (C=O) groups is 1. The standard InChI is InChI=1S/C16H18N2O3S/c1-13(19)18-16-9-7-14(8-10-16)11-17-22(20,21)12-15-5-3-2-4-6-15/h2-10,17H,11-12H2,1H3,(H,18,19). The molecule has 5 nitrogen and oxygen atoms in total. The molecular weight excluding hydrogens is 300 g/mol. The van der Waals surface area contributed by atoms with Gasteiger partial charge in [0.1, 0.15) is 0 Å². The molecular formula is C16H18N2O3S. The lowest BCUT2D eigenvalue weighted by Gasteiger charge is -2.08. The van der Waals surface area contributed by atoms with Crippen molar-refractivity contribution in [3.63, 3.8) is 0 Å². The molecule has 0 fully saturated rings. The summed E-state index contributed by atoms with van der Waals surface area (Å²) >= 11 is 0. The normalized spacial score (nSPS) is 11.1. The number of hydrogen-bond donors (Lipinski definition) is 2. The zero-order chi connectivity index (χ0) is 16.0. The molecule has 0 aliphatic carbocycles. The van der Waals surface area contributed by atoms with Crippen LogP contribution in [0, 0.1) is 0 Å². The maximum Gasteiger partial charge on any atom is 0.221 e. The smallest absolute Gasteiger partial charge is 0.221 e. The van der Waals surface area contributed by atoms with Crippen LogP contribution < -0.4 is 10.0 Å². The van der Waals surface area contributed by atoms with E-state index in [0.717, 1.165) is 11.1 Å². The highest BCUT2D eigenvalue weighted by Crippen LogP contribution is 2.10. The molecule has 0 aromatic heterocycles. The summed E-state index contributed by atoms with van der Waals surface area (Å²) in [7, 11) is -3.38. The Morgan fingerprint density at radius 1 is 0.955 bits per heavy atom. The summed E-state index contributed by atoms with van der Waals surface area (Å²) < 4.78 is 26.6. The van der Waals surface area contributed by atoms with Gasteiger partial charge in [0.2, 0.25) is 15.9 Å². The van der Waals surface area contributed by atoms with Crippen LogP contribution in [0.25, 0.3) is 0 Å². The minimum Gasteiger partial charge on any atom is -0.326 e. The predicted molar refractivity (Wildman–Crippen MR) is 86.7 cm³/mol. The van der Waals surface area contributed by atoms with Gasteiger partial charge in [-0.3, -0.25) is 4.79 Å². The van der Waals surface area contributed by atoms with Crippen LogP contribution in [0.3, 0.4) is 0 Å². The lowest BCUT2D eigenvalue weighted by Crippen LogP contribution is -2.24. The summed E-state index contributed by atoms with van der Waals surface area (Å²) in [5.41, 5.74) is 2.25. The van der Waals surface area contributed by atoms with Crippen molar-refractivity contribution >= 4 is 21.6 Å². The van der Waals surface area contributed by atoms with Crippen molar-refractivity contribution in [1.82, 2.24) is 4.72 Å². The van der Waals surface area contributed by atoms with Gasteiger partial charge in [-0.2, -0.15) is 0 Å². The average molecular weight is 318 g/mol. The van der Waals surface area contributed by atoms with Gasteiger partial charge < -0.3 is 5.32 Å².